The molecule has 0 bridgehead atoms. The van der Waals surface area contributed by atoms with Gasteiger partial charge >= 0.3 is 0 Å². The minimum Gasteiger partial charge on any atom is -0.495 e. The molecule has 2 rings (SSSR count). The molecule has 0 spiro atoms. The second-order valence-corrected chi connectivity index (χ2v) is 3.52. The molecule has 0 radical (unpaired) electrons. The summed E-state index contributed by atoms with van der Waals surface area (Å²) in [6.45, 7) is 2.02. The number of aromatic nitrogens is 3. The first kappa shape index (κ1) is 11.3. The molecule has 0 saturated carbocycles. The van der Waals surface area contributed by atoms with Crippen LogP contribution < -0.4 is 10.5 Å². The summed E-state index contributed by atoms with van der Waals surface area (Å²) in [5, 5.41) is 0. The maximum atomic E-state index is 5.82. The number of nitrogens with zero attached hydrogens (tertiary/aromatic N) is 3. The van der Waals surface area contributed by atoms with Crippen LogP contribution in [0.15, 0.2) is 24.7 Å². The summed E-state index contributed by atoms with van der Waals surface area (Å²) in [6.07, 6.45) is 3.89. The lowest BCUT2D eigenvalue weighted by atomic mass is 10.1. The van der Waals surface area contributed by atoms with E-state index in [-0.39, 0.29) is 0 Å². The molecule has 0 unspecified atom stereocenters. The molecule has 5 nitrogen and oxygen atoms in total. The maximum absolute atomic E-state index is 5.82. The number of rotatable bonds is 3. The number of nitrogen functional groups attached to an aromatic ring is 1. The normalized spacial score (nSPS) is 10.2. The standard InChI is InChI=1S/C12H14N4O/c1-3-9-11(15-7-16-12(9)13)10-5-4-8(17-2)6-14-10/h4-7H,3H2,1-2H3,(H2,13,15,16). The van der Waals surface area contributed by atoms with Crippen molar-refractivity contribution >= 4 is 5.82 Å². The van der Waals surface area contributed by atoms with Crippen LogP contribution in [0.2, 0.25) is 0 Å². The van der Waals surface area contributed by atoms with Gasteiger partial charge in [0.1, 0.15) is 17.9 Å². The Bertz CT molecular complexity index is 510. The number of nitrogens with two attached hydrogens (primary N) is 1. The summed E-state index contributed by atoms with van der Waals surface area (Å²) in [5.41, 5.74) is 8.30. The van der Waals surface area contributed by atoms with Gasteiger partial charge in [0.2, 0.25) is 0 Å². The third kappa shape index (κ3) is 2.18. The monoisotopic (exact) mass is 230 g/mol. The number of pyridine rings is 1. The SMILES string of the molecule is CCc1c(N)ncnc1-c1ccc(OC)cn1. The summed E-state index contributed by atoms with van der Waals surface area (Å²) >= 11 is 0. The first-order chi connectivity index (χ1) is 8.26. The highest BCUT2D eigenvalue weighted by Crippen LogP contribution is 2.23. The van der Waals surface area contributed by atoms with Gasteiger partial charge in [0.05, 0.1) is 24.7 Å². The fourth-order valence-corrected chi connectivity index (χ4v) is 1.64. The fraction of sp³-hybridized carbons (Fsp3) is 0.250. The minimum absolute atomic E-state index is 0.509. The molecule has 0 aliphatic rings. The molecule has 2 heterocycles. The number of hydrogen-bond donors (Lipinski definition) is 1. The van der Waals surface area contributed by atoms with E-state index in [1.54, 1.807) is 13.3 Å². The van der Waals surface area contributed by atoms with Gasteiger partial charge in [-0.15, -0.1) is 0 Å². The van der Waals surface area contributed by atoms with Crippen LogP contribution in [0.25, 0.3) is 11.4 Å². The van der Waals surface area contributed by atoms with E-state index in [0.29, 0.717) is 11.6 Å². The van der Waals surface area contributed by atoms with Crippen LogP contribution in [0, 0.1) is 0 Å². The Morgan fingerprint density at radius 1 is 1.24 bits per heavy atom. The van der Waals surface area contributed by atoms with E-state index < -0.39 is 0 Å². The third-order valence-corrected chi connectivity index (χ3v) is 2.55. The van der Waals surface area contributed by atoms with Crippen LogP contribution in [0.3, 0.4) is 0 Å². The molecule has 0 aromatic carbocycles. The van der Waals surface area contributed by atoms with Gasteiger partial charge in [-0.05, 0) is 18.6 Å². The Balaban J connectivity index is 2.48. The molecule has 0 aliphatic carbocycles. The van der Waals surface area contributed by atoms with Crippen LogP contribution in [0.1, 0.15) is 12.5 Å². The Morgan fingerprint density at radius 2 is 2.06 bits per heavy atom. The molecular formula is C12H14N4O. The van der Waals surface area contributed by atoms with Crippen molar-refractivity contribution in [3.05, 3.63) is 30.2 Å². The van der Waals surface area contributed by atoms with Crippen molar-refractivity contribution in [1.82, 2.24) is 15.0 Å². The van der Waals surface area contributed by atoms with Crippen LogP contribution in [0.5, 0.6) is 5.75 Å². The van der Waals surface area contributed by atoms with Gasteiger partial charge in [0, 0.05) is 5.56 Å². The molecule has 0 aliphatic heterocycles. The smallest absolute Gasteiger partial charge is 0.137 e. The Labute approximate surface area is 99.7 Å². The summed E-state index contributed by atoms with van der Waals surface area (Å²) in [6, 6.07) is 3.71. The van der Waals surface area contributed by atoms with Gasteiger partial charge in [0.25, 0.3) is 0 Å². The Morgan fingerprint density at radius 3 is 2.65 bits per heavy atom. The quantitative estimate of drug-likeness (QED) is 0.868. The largest absolute Gasteiger partial charge is 0.495 e. The first-order valence-corrected chi connectivity index (χ1v) is 5.36. The lowest BCUT2D eigenvalue weighted by Crippen LogP contribution is -2.02. The topological polar surface area (TPSA) is 73.9 Å². The van der Waals surface area contributed by atoms with E-state index in [0.717, 1.165) is 23.4 Å². The summed E-state index contributed by atoms with van der Waals surface area (Å²) in [4.78, 5) is 12.5. The molecule has 88 valence electrons. The van der Waals surface area contributed by atoms with E-state index in [1.807, 2.05) is 19.1 Å². The lowest BCUT2D eigenvalue weighted by molar-refractivity contribution is 0.413. The Hall–Kier alpha value is -2.17. The van der Waals surface area contributed by atoms with E-state index in [4.69, 9.17) is 10.5 Å². The van der Waals surface area contributed by atoms with Gasteiger partial charge in [0.15, 0.2) is 0 Å². The summed E-state index contributed by atoms with van der Waals surface area (Å²) < 4.78 is 5.07. The molecule has 5 heteroatoms. The molecule has 0 amide bonds. The number of hydrogen-bond acceptors (Lipinski definition) is 5. The zero-order valence-corrected chi connectivity index (χ0v) is 9.84. The van der Waals surface area contributed by atoms with Crippen LogP contribution in [0.4, 0.5) is 5.82 Å². The average molecular weight is 230 g/mol. The maximum Gasteiger partial charge on any atom is 0.137 e. The first-order valence-electron chi connectivity index (χ1n) is 5.36. The summed E-state index contributed by atoms with van der Waals surface area (Å²) in [5.74, 6) is 1.23. The van der Waals surface area contributed by atoms with Crippen molar-refractivity contribution < 1.29 is 4.74 Å². The van der Waals surface area contributed by atoms with Gasteiger partial charge in [-0.25, -0.2) is 9.97 Å². The fourth-order valence-electron chi connectivity index (χ4n) is 1.64. The zero-order chi connectivity index (χ0) is 12.3. The van der Waals surface area contributed by atoms with Crippen molar-refractivity contribution in [3.63, 3.8) is 0 Å². The van der Waals surface area contributed by atoms with Crippen molar-refractivity contribution in [3.8, 4) is 17.1 Å². The van der Waals surface area contributed by atoms with Crippen LogP contribution in [-0.4, -0.2) is 22.1 Å². The molecule has 0 fully saturated rings. The predicted octanol–water partition coefficient (Wildman–Crippen LogP) is 1.69. The van der Waals surface area contributed by atoms with Crippen molar-refractivity contribution in [2.24, 2.45) is 0 Å². The summed E-state index contributed by atoms with van der Waals surface area (Å²) in [7, 11) is 1.61. The number of methoxy groups -OCH3 is 1. The molecule has 0 atom stereocenters. The molecule has 0 saturated heterocycles. The van der Waals surface area contributed by atoms with Crippen LogP contribution in [-0.2, 0) is 6.42 Å². The average Bonchev–Trinajstić information content (AvgIpc) is 2.38. The van der Waals surface area contributed by atoms with E-state index >= 15 is 0 Å². The van der Waals surface area contributed by atoms with Gasteiger partial charge in [-0.2, -0.15) is 0 Å². The molecule has 17 heavy (non-hydrogen) atoms. The highest BCUT2D eigenvalue weighted by atomic mass is 16.5. The number of anilines is 1. The van der Waals surface area contributed by atoms with Crippen molar-refractivity contribution in [2.45, 2.75) is 13.3 Å². The van der Waals surface area contributed by atoms with Gasteiger partial charge in [-0.1, -0.05) is 6.92 Å². The minimum atomic E-state index is 0.509. The van der Waals surface area contributed by atoms with E-state index in [9.17, 15) is 0 Å². The predicted molar refractivity (Wildman–Crippen MR) is 65.6 cm³/mol. The highest BCUT2D eigenvalue weighted by Gasteiger charge is 2.10. The Kier molecular flexibility index (Phi) is 3.18. The van der Waals surface area contributed by atoms with Gasteiger partial charge in [-0.3, -0.25) is 4.98 Å². The second-order valence-electron chi connectivity index (χ2n) is 3.52. The molecule has 2 N–H and O–H groups in total. The second kappa shape index (κ2) is 4.78. The van der Waals surface area contributed by atoms with E-state index in [1.165, 1.54) is 6.33 Å². The van der Waals surface area contributed by atoms with Crippen molar-refractivity contribution in [2.75, 3.05) is 12.8 Å². The van der Waals surface area contributed by atoms with E-state index in [2.05, 4.69) is 15.0 Å². The third-order valence-electron chi connectivity index (χ3n) is 2.55. The van der Waals surface area contributed by atoms with Gasteiger partial charge < -0.3 is 10.5 Å². The highest BCUT2D eigenvalue weighted by molar-refractivity contribution is 5.64. The molecule has 2 aromatic heterocycles. The number of ether oxygens (including phenoxy) is 1. The lowest BCUT2D eigenvalue weighted by Gasteiger charge is -2.08. The van der Waals surface area contributed by atoms with Crippen molar-refractivity contribution in [1.29, 1.82) is 0 Å². The molecular weight excluding hydrogens is 216 g/mol. The molecule has 2 aromatic rings. The van der Waals surface area contributed by atoms with Crippen LogP contribution >= 0.6 is 0 Å². The zero-order valence-electron chi connectivity index (χ0n) is 9.84.